The van der Waals surface area contributed by atoms with Crippen LogP contribution in [0.5, 0.6) is 11.5 Å². The molecule has 1 saturated heterocycles. The Morgan fingerprint density at radius 2 is 1.68 bits per heavy atom. The first kappa shape index (κ1) is 25.7. The number of nitrogens with one attached hydrogen (secondary N) is 1. The van der Waals surface area contributed by atoms with Crippen molar-refractivity contribution in [2.24, 2.45) is 0 Å². The third-order valence-corrected chi connectivity index (χ3v) is 8.13. The van der Waals surface area contributed by atoms with Crippen molar-refractivity contribution < 1.29 is 35.8 Å². The predicted octanol–water partition coefficient (Wildman–Crippen LogP) is 1.13. The molecule has 2 aromatic carbocycles. The van der Waals surface area contributed by atoms with Crippen molar-refractivity contribution in [3.05, 3.63) is 42.5 Å². The van der Waals surface area contributed by atoms with Gasteiger partial charge in [0, 0.05) is 24.8 Å². The molecule has 1 aliphatic heterocycles. The summed E-state index contributed by atoms with van der Waals surface area (Å²) in [6.07, 6.45) is 0.981. The van der Waals surface area contributed by atoms with Gasteiger partial charge >= 0.3 is 0 Å². The second-order valence-electron chi connectivity index (χ2n) is 7.40. The summed E-state index contributed by atoms with van der Waals surface area (Å²) in [6.45, 7) is 0.704. The third-order valence-electron chi connectivity index (χ3n) is 5.09. The highest BCUT2D eigenvalue weighted by Gasteiger charge is 2.27. The Labute approximate surface area is 199 Å². The molecule has 0 aliphatic carbocycles. The summed E-state index contributed by atoms with van der Waals surface area (Å²) in [4.78, 5) is 12.8. The van der Waals surface area contributed by atoms with Crippen LogP contribution in [0.25, 0.3) is 0 Å². The Balaban J connectivity index is 1.75. The number of anilines is 2. The first-order valence-electron chi connectivity index (χ1n) is 10.2. The maximum Gasteiger partial charge on any atom is 0.245 e. The van der Waals surface area contributed by atoms with E-state index in [0.717, 1.165) is 10.6 Å². The van der Waals surface area contributed by atoms with Crippen molar-refractivity contribution in [1.82, 2.24) is 4.31 Å². The van der Waals surface area contributed by atoms with Crippen LogP contribution in [-0.4, -0.2) is 80.4 Å². The lowest BCUT2D eigenvalue weighted by Crippen LogP contribution is -2.40. The van der Waals surface area contributed by atoms with E-state index in [1.54, 1.807) is 6.07 Å². The molecule has 34 heavy (non-hydrogen) atoms. The van der Waals surface area contributed by atoms with Gasteiger partial charge in [0.05, 0.1) is 44.3 Å². The Hall–Kier alpha value is -2.87. The van der Waals surface area contributed by atoms with E-state index in [4.69, 9.17) is 14.2 Å². The van der Waals surface area contributed by atoms with Gasteiger partial charge in [-0.1, -0.05) is 0 Å². The Morgan fingerprint density at radius 3 is 2.24 bits per heavy atom. The maximum absolute atomic E-state index is 12.7. The van der Waals surface area contributed by atoms with E-state index in [2.05, 4.69) is 5.32 Å². The quantitative estimate of drug-likeness (QED) is 0.528. The highest BCUT2D eigenvalue weighted by molar-refractivity contribution is 7.92. The second kappa shape index (κ2) is 10.6. The van der Waals surface area contributed by atoms with Crippen LogP contribution in [0.15, 0.2) is 47.4 Å². The lowest BCUT2D eigenvalue weighted by Gasteiger charge is -2.26. The minimum atomic E-state index is -3.84. The van der Waals surface area contributed by atoms with E-state index in [9.17, 15) is 21.6 Å². The molecule has 13 heteroatoms. The van der Waals surface area contributed by atoms with E-state index >= 15 is 0 Å². The molecule has 2 aromatic rings. The van der Waals surface area contributed by atoms with Crippen molar-refractivity contribution in [3.8, 4) is 11.5 Å². The van der Waals surface area contributed by atoms with Crippen LogP contribution in [0, 0.1) is 0 Å². The number of benzene rings is 2. The number of carbonyl (C=O) groups excluding carboxylic acids is 1. The fourth-order valence-electron chi connectivity index (χ4n) is 3.35. The number of hydrogen-bond acceptors (Lipinski definition) is 8. The molecule has 1 fully saturated rings. The number of carbonyl (C=O) groups is 1. The zero-order valence-corrected chi connectivity index (χ0v) is 20.7. The fourth-order valence-corrected chi connectivity index (χ4v) is 5.62. The van der Waals surface area contributed by atoms with Crippen LogP contribution in [0.4, 0.5) is 11.4 Å². The van der Waals surface area contributed by atoms with Gasteiger partial charge < -0.3 is 19.5 Å². The standard InChI is InChI=1S/C21H27N3O8S2/c1-30-17-6-9-19(20(14-17)31-2)24(33(3,26)27)15-21(25)22-16-4-7-18(8-5-16)34(28,29)23-10-12-32-13-11-23/h4-9,14H,10-13,15H2,1-3H3,(H,22,25). The zero-order chi connectivity index (χ0) is 24.9. The fraction of sp³-hybridized carbons (Fsp3) is 0.381. The second-order valence-corrected chi connectivity index (χ2v) is 11.2. The summed E-state index contributed by atoms with van der Waals surface area (Å²) in [5.41, 5.74) is 0.494. The summed E-state index contributed by atoms with van der Waals surface area (Å²) in [5.74, 6) is 0.0629. The van der Waals surface area contributed by atoms with E-state index in [-0.39, 0.29) is 29.4 Å². The zero-order valence-electron chi connectivity index (χ0n) is 19.1. The maximum atomic E-state index is 12.7. The molecule has 0 atom stereocenters. The molecule has 0 radical (unpaired) electrons. The lowest BCUT2D eigenvalue weighted by atomic mass is 10.2. The number of rotatable bonds is 9. The molecule has 0 bridgehead atoms. The largest absolute Gasteiger partial charge is 0.497 e. The number of methoxy groups -OCH3 is 2. The molecule has 0 aromatic heterocycles. The van der Waals surface area contributed by atoms with Gasteiger partial charge in [-0.3, -0.25) is 9.10 Å². The Morgan fingerprint density at radius 1 is 1.03 bits per heavy atom. The van der Waals surface area contributed by atoms with Crippen molar-refractivity contribution in [1.29, 1.82) is 0 Å². The molecule has 0 saturated carbocycles. The molecule has 0 unspecified atom stereocenters. The summed E-state index contributed by atoms with van der Waals surface area (Å²) >= 11 is 0. The van der Waals surface area contributed by atoms with E-state index in [0.29, 0.717) is 24.7 Å². The van der Waals surface area contributed by atoms with Crippen LogP contribution in [0.3, 0.4) is 0 Å². The summed E-state index contributed by atoms with van der Waals surface area (Å²) in [6, 6.07) is 10.2. The Kier molecular flexibility index (Phi) is 8.02. The normalized spacial score (nSPS) is 14.9. The van der Waals surface area contributed by atoms with Crippen LogP contribution < -0.4 is 19.1 Å². The molecule has 1 amide bonds. The molecular formula is C21H27N3O8S2. The van der Waals surface area contributed by atoms with E-state index < -0.39 is 32.5 Å². The highest BCUT2D eigenvalue weighted by atomic mass is 32.2. The van der Waals surface area contributed by atoms with Gasteiger partial charge in [0.25, 0.3) is 0 Å². The molecule has 186 valence electrons. The van der Waals surface area contributed by atoms with E-state index in [1.165, 1.54) is 54.9 Å². The molecule has 1 aliphatic rings. The first-order valence-corrected chi connectivity index (χ1v) is 13.5. The van der Waals surface area contributed by atoms with Crippen molar-refractivity contribution in [2.45, 2.75) is 4.90 Å². The molecule has 1 N–H and O–H groups in total. The molecule has 0 spiro atoms. The molecule has 11 nitrogen and oxygen atoms in total. The van der Waals surface area contributed by atoms with Crippen LogP contribution in [0.2, 0.25) is 0 Å². The number of ether oxygens (including phenoxy) is 3. The van der Waals surface area contributed by atoms with Gasteiger partial charge in [-0.05, 0) is 36.4 Å². The van der Waals surface area contributed by atoms with Crippen molar-refractivity contribution in [3.63, 3.8) is 0 Å². The SMILES string of the molecule is COc1ccc(N(CC(=O)Nc2ccc(S(=O)(=O)N3CCOCC3)cc2)S(C)(=O)=O)c(OC)c1. The van der Waals surface area contributed by atoms with Gasteiger partial charge in [-0.25, -0.2) is 16.8 Å². The number of morpholine rings is 1. The summed E-state index contributed by atoms with van der Waals surface area (Å²) in [5, 5.41) is 2.59. The number of sulfonamides is 2. The molecule has 3 rings (SSSR count). The van der Waals surface area contributed by atoms with Gasteiger partial charge in [0.15, 0.2) is 0 Å². The highest BCUT2D eigenvalue weighted by Crippen LogP contribution is 2.33. The predicted molar refractivity (Wildman–Crippen MR) is 126 cm³/mol. The average Bonchev–Trinajstić information content (AvgIpc) is 2.82. The number of amides is 1. The third kappa shape index (κ3) is 5.97. The topological polar surface area (TPSA) is 132 Å². The minimum absolute atomic E-state index is 0.0909. The summed E-state index contributed by atoms with van der Waals surface area (Å²) in [7, 11) is -4.66. The van der Waals surface area contributed by atoms with Crippen molar-refractivity contribution in [2.75, 3.05) is 62.9 Å². The van der Waals surface area contributed by atoms with Gasteiger partial charge in [-0.2, -0.15) is 4.31 Å². The summed E-state index contributed by atoms with van der Waals surface area (Å²) < 4.78 is 68.2. The smallest absolute Gasteiger partial charge is 0.245 e. The van der Waals surface area contributed by atoms with Crippen molar-refractivity contribution >= 4 is 37.3 Å². The van der Waals surface area contributed by atoms with Crippen LogP contribution >= 0.6 is 0 Å². The number of nitrogens with zero attached hydrogens (tertiary/aromatic N) is 2. The average molecular weight is 514 g/mol. The van der Waals surface area contributed by atoms with Gasteiger partial charge in [0.2, 0.25) is 26.0 Å². The first-order chi connectivity index (χ1) is 16.1. The lowest BCUT2D eigenvalue weighted by molar-refractivity contribution is -0.114. The Bertz CT molecular complexity index is 1230. The monoisotopic (exact) mass is 513 g/mol. The molecular weight excluding hydrogens is 486 g/mol. The van der Waals surface area contributed by atoms with Crippen LogP contribution in [0.1, 0.15) is 0 Å². The minimum Gasteiger partial charge on any atom is -0.497 e. The number of hydrogen-bond donors (Lipinski definition) is 1. The van der Waals surface area contributed by atoms with E-state index in [1.807, 2.05) is 0 Å². The molecule has 1 heterocycles. The van der Waals surface area contributed by atoms with Crippen LogP contribution in [-0.2, 0) is 29.6 Å². The van der Waals surface area contributed by atoms with Gasteiger partial charge in [-0.15, -0.1) is 0 Å². The van der Waals surface area contributed by atoms with Gasteiger partial charge in [0.1, 0.15) is 18.0 Å².